The van der Waals surface area contributed by atoms with Crippen LogP contribution in [-0.4, -0.2) is 17.6 Å². The minimum atomic E-state index is -0.0633. The first kappa shape index (κ1) is 19.4. The smallest absolute Gasteiger partial charge is 0.240 e. The Hall–Kier alpha value is -3.60. The first-order chi connectivity index (χ1) is 15.2. The minimum absolute atomic E-state index is 0.00283. The van der Waals surface area contributed by atoms with Crippen molar-refractivity contribution in [3.05, 3.63) is 88.6 Å². The number of hydrogen-bond donors (Lipinski definition) is 1. The maximum absolute atomic E-state index is 13.2. The van der Waals surface area contributed by atoms with E-state index < -0.39 is 0 Å². The number of amides is 1. The van der Waals surface area contributed by atoms with Gasteiger partial charge in [0.2, 0.25) is 5.91 Å². The van der Waals surface area contributed by atoms with Crippen molar-refractivity contribution in [3.8, 4) is 5.75 Å². The van der Waals surface area contributed by atoms with E-state index in [9.17, 15) is 9.59 Å². The van der Waals surface area contributed by atoms with Crippen LogP contribution in [0.2, 0.25) is 0 Å². The lowest BCUT2D eigenvalue weighted by Crippen LogP contribution is -2.33. The summed E-state index contributed by atoms with van der Waals surface area (Å²) >= 11 is 0. The van der Waals surface area contributed by atoms with Gasteiger partial charge < -0.3 is 14.6 Å². The molecule has 0 saturated heterocycles. The maximum atomic E-state index is 13.2. The molecule has 31 heavy (non-hydrogen) atoms. The lowest BCUT2D eigenvalue weighted by atomic mass is 10.0. The quantitative estimate of drug-likeness (QED) is 0.477. The van der Waals surface area contributed by atoms with E-state index in [-0.39, 0.29) is 23.9 Å². The van der Waals surface area contributed by atoms with E-state index in [2.05, 4.69) is 5.32 Å². The van der Waals surface area contributed by atoms with Crippen molar-refractivity contribution in [3.63, 3.8) is 0 Å². The molecule has 0 spiro atoms. The molecule has 0 bridgehead atoms. The molecular weight excluding hydrogens is 388 g/mol. The molecule has 5 heteroatoms. The van der Waals surface area contributed by atoms with Gasteiger partial charge in [0.15, 0.2) is 5.43 Å². The summed E-state index contributed by atoms with van der Waals surface area (Å²) in [4.78, 5) is 26.1. The Kier molecular flexibility index (Phi) is 4.94. The number of fused-ring (bicyclic) bond motifs is 2. The van der Waals surface area contributed by atoms with Crippen LogP contribution in [0.1, 0.15) is 24.4 Å². The summed E-state index contributed by atoms with van der Waals surface area (Å²) in [5, 5.41) is 4.50. The van der Waals surface area contributed by atoms with Crippen molar-refractivity contribution in [2.75, 3.05) is 7.11 Å². The van der Waals surface area contributed by atoms with Crippen molar-refractivity contribution >= 4 is 27.7 Å². The highest BCUT2D eigenvalue weighted by atomic mass is 16.5. The SMILES string of the molecule is COc1ccc(C(NC(=O)Cn2c3ccccc3c(=O)c3ccccc32)C2CC2)cc1. The highest BCUT2D eigenvalue weighted by Crippen LogP contribution is 2.41. The number of benzene rings is 3. The average molecular weight is 412 g/mol. The van der Waals surface area contributed by atoms with E-state index in [0.29, 0.717) is 16.7 Å². The average Bonchev–Trinajstić information content (AvgIpc) is 3.66. The van der Waals surface area contributed by atoms with Gasteiger partial charge in [0.25, 0.3) is 0 Å². The van der Waals surface area contributed by atoms with Gasteiger partial charge in [-0.1, -0.05) is 36.4 Å². The van der Waals surface area contributed by atoms with Gasteiger partial charge in [-0.2, -0.15) is 0 Å². The van der Waals surface area contributed by atoms with Crippen LogP contribution in [0.4, 0.5) is 0 Å². The molecule has 1 saturated carbocycles. The molecule has 1 aliphatic carbocycles. The molecule has 156 valence electrons. The van der Waals surface area contributed by atoms with E-state index in [1.54, 1.807) is 7.11 Å². The first-order valence-corrected chi connectivity index (χ1v) is 10.6. The molecule has 1 aliphatic rings. The van der Waals surface area contributed by atoms with Gasteiger partial charge in [0, 0.05) is 10.8 Å². The molecule has 1 fully saturated rings. The van der Waals surface area contributed by atoms with Crippen LogP contribution in [-0.2, 0) is 11.3 Å². The van der Waals surface area contributed by atoms with E-state index >= 15 is 0 Å². The summed E-state index contributed by atoms with van der Waals surface area (Å²) in [6.07, 6.45) is 2.22. The van der Waals surface area contributed by atoms with Crippen LogP contribution in [0.25, 0.3) is 21.8 Å². The molecule has 4 aromatic rings. The summed E-state index contributed by atoms with van der Waals surface area (Å²) in [7, 11) is 1.65. The Morgan fingerprint density at radius 2 is 1.55 bits per heavy atom. The van der Waals surface area contributed by atoms with Gasteiger partial charge in [-0.25, -0.2) is 0 Å². The van der Waals surface area contributed by atoms with Gasteiger partial charge in [-0.05, 0) is 60.7 Å². The molecule has 1 aromatic heterocycles. The summed E-state index contributed by atoms with van der Waals surface area (Å²) in [6.45, 7) is 0.153. The summed E-state index contributed by atoms with van der Waals surface area (Å²) < 4.78 is 7.20. The molecule has 3 aromatic carbocycles. The number of rotatable bonds is 6. The number of methoxy groups -OCH3 is 1. The van der Waals surface area contributed by atoms with Crippen LogP contribution >= 0.6 is 0 Å². The molecule has 0 radical (unpaired) electrons. The van der Waals surface area contributed by atoms with Crippen LogP contribution in [0.3, 0.4) is 0 Å². The van der Waals surface area contributed by atoms with Crippen molar-refractivity contribution in [2.24, 2.45) is 5.92 Å². The molecule has 1 unspecified atom stereocenters. The van der Waals surface area contributed by atoms with Crippen LogP contribution in [0.15, 0.2) is 77.6 Å². The second-order valence-electron chi connectivity index (χ2n) is 8.11. The Balaban J connectivity index is 1.49. The largest absolute Gasteiger partial charge is 0.497 e. The lowest BCUT2D eigenvalue weighted by molar-refractivity contribution is -0.122. The predicted molar refractivity (Wildman–Crippen MR) is 122 cm³/mol. The zero-order valence-corrected chi connectivity index (χ0v) is 17.4. The third-order valence-electron chi connectivity index (χ3n) is 6.07. The zero-order valence-electron chi connectivity index (χ0n) is 17.4. The van der Waals surface area contributed by atoms with Crippen molar-refractivity contribution in [2.45, 2.75) is 25.4 Å². The normalized spacial score (nSPS) is 14.5. The summed E-state index contributed by atoms with van der Waals surface area (Å²) in [5.74, 6) is 1.20. The fourth-order valence-corrected chi connectivity index (χ4v) is 4.32. The van der Waals surface area contributed by atoms with Crippen LogP contribution < -0.4 is 15.5 Å². The molecule has 1 heterocycles. The van der Waals surface area contributed by atoms with Crippen molar-refractivity contribution in [1.82, 2.24) is 9.88 Å². The molecule has 1 amide bonds. The molecule has 1 atom stereocenters. The standard InChI is InChI=1S/C26H24N2O3/c1-31-19-14-12-18(13-15-19)25(17-10-11-17)27-24(29)16-28-22-8-4-2-6-20(22)26(30)21-7-3-5-9-23(21)28/h2-9,12-15,17,25H,10-11,16H2,1H3,(H,27,29). The second kappa shape index (κ2) is 7.91. The maximum Gasteiger partial charge on any atom is 0.240 e. The Labute approximate surface area is 180 Å². The second-order valence-corrected chi connectivity index (χ2v) is 8.11. The van der Waals surface area contributed by atoms with Crippen molar-refractivity contribution in [1.29, 1.82) is 0 Å². The molecule has 5 nitrogen and oxygen atoms in total. The topological polar surface area (TPSA) is 60.3 Å². The number of nitrogens with one attached hydrogen (secondary N) is 1. The summed E-state index contributed by atoms with van der Waals surface area (Å²) in [6, 6.07) is 22.8. The fraction of sp³-hybridized carbons (Fsp3) is 0.231. The number of ether oxygens (including phenoxy) is 1. The molecule has 0 aliphatic heterocycles. The fourth-order valence-electron chi connectivity index (χ4n) is 4.32. The highest BCUT2D eigenvalue weighted by molar-refractivity contribution is 5.94. The predicted octanol–water partition coefficient (Wildman–Crippen LogP) is 4.43. The number of nitrogens with zero attached hydrogens (tertiary/aromatic N) is 1. The Morgan fingerprint density at radius 3 is 2.10 bits per heavy atom. The third kappa shape index (κ3) is 3.67. The van der Waals surface area contributed by atoms with Crippen LogP contribution in [0.5, 0.6) is 5.75 Å². The third-order valence-corrected chi connectivity index (χ3v) is 6.07. The van der Waals surface area contributed by atoms with E-state index in [0.717, 1.165) is 35.2 Å². The van der Waals surface area contributed by atoms with Gasteiger partial charge in [-0.3, -0.25) is 9.59 Å². The highest BCUT2D eigenvalue weighted by Gasteiger charge is 2.33. The minimum Gasteiger partial charge on any atom is -0.497 e. The van der Waals surface area contributed by atoms with Crippen LogP contribution in [0, 0.1) is 5.92 Å². The molecule has 5 rings (SSSR count). The van der Waals surface area contributed by atoms with Gasteiger partial charge in [0.05, 0.1) is 24.2 Å². The molecular formula is C26H24N2O3. The monoisotopic (exact) mass is 412 g/mol. The van der Waals surface area contributed by atoms with Gasteiger partial charge >= 0.3 is 0 Å². The van der Waals surface area contributed by atoms with E-state index in [4.69, 9.17) is 4.74 Å². The van der Waals surface area contributed by atoms with Gasteiger partial charge in [-0.15, -0.1) is 0 Å². The van der Waals surface area contributed by atoms with Crippen molar-refractivity contribution < 1.29 is 9.53 Å². The molecule has 1 N–H and O–H groups in total. The summed E-state index contributed by atoms with van der Waals surface area (Å²) in [5.41, 5.74) is 2.63. The number of carbonyl (C=O) groups is 1. The number of pyridine rings is 1. The lowest BCUT2D eigenvalue weighted by Gasteiger charge is -2.21. The zero-order chi connectivity index (χ0) is 21.4. The number of para-hydroxylation sites is 2. The van der Waals surface area contributed by atoms with E-state index in [1.807, 2.05) is 77.4 Å². The Bertz CT molecular complexity index is 1260. The van der Waals surface area contributed by atoms with Gasteiger partial charge in [0.1, 0.15) is 12.3 Å². The first-order valence-electron chi connectivity index (χ1n) is 10.6. The number of carbonyl (C=O) groups excluding carboxylic acids is 1. The Morgan fingerprint density at radius 1 is 0.968 bits per heavy atom. The van der Waals surface area contributed by atoms with E-state index in [1.165, 1.54) is 0 Å². The number of aromatic nitrogens is 1. The number of hydrogen-bond acceptors (Lipinski definition) is 3.